The van der Waals surface area contributed by atoms with Crippen LogP contribution in [0.15, 0.2) is 42.7 Å². The molecule has 2 aromatic heterocycles. The summed E-state index contributed by atoms with van der Waals surface area (Å²) in [6.07, 6.45) is 1.53. The van der Waals surface area contributed by atoms with Gasteiger partial charge in [0.05, 0.1) is 16.1 Å². The Bertz CT molecular complexity index is 1140. The Balaban J connectivity index is 0.00000196. The zero-order valence-electron chi connectivity index (χ0n) is 14.1. The topological polar surface area (TPSA) is 96.7 Å². The van der Waals surface area contributed by atoms with Crippen molar-refractivity contribution in [3.63, 3.8) is 0 Å². The van der Waals surface area contributed by atoms with E-state index in [1.807, 2.05) is 31.2 Å². The van der Waals surface area contributed by atoms with Gasteiger partial charge in [0.15, 0.2) is 0 Å². The number of pyridine rings is 1. The summed E-state index contributed by atoms with van der Waals surface area (Å²) in [4.78, 5) is 22.7. The van der Waals surface area contributed by atoms with Crippen LogP contribution in [0.2, 0.25) is 0 Å². The molecule has 2 heterocycles. The Morgan fingerprint density at radius 1 is 1.12 bits per heavy atom. The number of nitro benzene ring substituents is 1. The number of imidazole rings is 1. The van der Waals surface area contributed by atoms with E-state index < -0.39 is 0 Å². The number of benzene rings is 2. The molecule has 4 aromatic rings. The summed E-state index contributed by atoms with van der Waals surface area (Å²) in [5.41, 5.74) is 5.69. The monoisotopic (exact) mass is 369 g/mol. The van der Waals surface area contributed by atoms with Gasteiger partial charge in [0.1, 0.15) is 11.8 Å². The van der Waals surface area contributed by atoms with E-state index in [2.05, 4.69) is 20.3 Å². The van der Waals surface area contributed by atoms with Crippen LogP contribution in [0.25, 0.3) is 21.9 Å². The van der Waals surface area contributed by atoms with Crippen molar-refractivity contribution in [1.82, 2.24) is 15.0 Å². The number of halogens is 1. The van der Waals surface area contributed by atoms with Crippen LogP contribution in [0.5, 0.6) is 0 Å². The largest absolute Gasteiger partial charge is 0.358 e. The molecule has 0 atom stereocenters. The summed E-state index contributed by atoms with van der Waals surface area (Å²) < 4.78 is 0. The highest BCUT2D eigenvalue weighted by Gasteiger charge is 2.14. The van der Waals surface area contributed by atoms with Crippen LogP contribution in [-0.4, -0.2) is 19.9 Å². The molecule has 2 aromatic carbocycles. The lowest BCUT2D eigenvalue weighted by Crippen LogP contribution is -1.98. The highest BCUT2D eigenvalue weighted by molar-refractivity contribution is 6.10. The van der Waals surface area contributed by atoms with Gasteiger partial charge in [-0.2, -0.15) is 0 Å². The Morgan fingerprint density at radius 2 is 1.92 bits per heavy atom. The number of nitrogens with one attached hydrogen (secondary N) is 2. The molecule has 0 radical (unpaired) electrons. The van der Waals surface area contributed by atoms with E-state index in [1.165, 1.54) is 6.33 Å². The average molecular weight is 370 g/mol. The zero-order valence-corrected chi connectivity index (χ0v) is 14.9. The average Bonchev–Trinajstić information content (AvgIpc) is 3.04. The van der Waals surface area contributed by atoms with E-state index in [4.69, 9.17) is 0 Å². The number of fused-ring (bicyclic) bond motifs is 3. The summed E-state index contributed by atoms with van der Waals surface area (Å²) in [5.74, 6) is 0. The van der Waals surface area contributed by atoms with Gasteiger partial charge >= 0.3 is 0 Å². The highest BCUT2D eigenvalue weighted by atomic mass is 35.5. The second kappa shape index (κ2) is 6.61. The molecule has 0 aliphatic rings. The molecule has 0 fully saturated rings. The second-order valence-electron chi connectivity index (χ2n) is 5.98. The van der Waals surface area contributed by atoms with E-state index in [-0.39, 0.29) is 23.0 Å². The molecule has 132 valence electrons. The minimum Gasteiger partial charge on any atom is -0.358 e. The fraction of sp³-hybridized carbons (Fsp3) is 0.111. The number of nitrogens with zero attached hydrogens (tertiary/aromatic N) is 3. The fourth-order valence-corrected chi connectivity index (χ4v) is 3.02. The van der Waals surface area contributed by atoms with Crippen LogP contribution in [0.3, 0.4) is 0 Å². The van der Waals surface area contributed by atoms with Crippen LogP contribution in [0, 0.1) is 24.0 Å². The van der Waals surface area contributed by atoms with Crippen molar-refractivity contribution in [2.45, 2.75) is 13.8 Å². The third-order valence-electron chi connectivity index (χ3n) is 4.19. The van der Waals surface area contributed by atoms with Gasteiger partial charge in [0, 0.05) is 33.9 Å². The normalized spacial score (nSPS) is 10.7. The van der Waals surface area contributed by atoms with Gasteiger partial charge in [0.2, 0.25) is 0 Å². The zero-order chi connectivity index (χ0) is 17.6. The molecule has 26 heavy (non-hydrogen) atoms. The van der Waals surface area contributed by atoms with Crippen LogP contribution in [-0.2, 0) is 0 Å². The van der Waals surface area contributed by atoms with Gasteiger partial charge < -0.3 is 10.3 Å². The SMILES string of the molecule is Cc1cc(Nc2ccc(C)c([N+](=O)[O-])c2)c2c(ccc3ncnc32)[nH]1.Cl. The maximum absolute atomic E-state index is 11.2. The number of H-pyrrole nitrogens is 1. The summed E-state index contributed by atoms with van der Waals surface area (Å²) in [5, 5.41) is 15.4. The van der Waals surface area contributed by atoms with Crippen molar-refractivity contribution in [3.8, 4) is 0 Å². The summed E-state index contributed by atoms with van der Waals surface area (Å²) in [6.45, 7) is 3.69. The number of anilines is 2. The van der Waals surface area contributed by atoms with Crippen LogP contribution in [0.4, 0.5) is 17.1 Å². The lowest BCUT2D eigenvalue weighted by atomic mass is 10.1. The van der Waals surface area contributed by atoms with Crippen molar-refractivity contribution in [1.29, 1.82) is 0 Å². The quantitative estimate of drug-likeness (QED) is 0.399. The molecule has 0 aliphatic carbocycles. The molecule has 8 heteroatoms. The van der Waals surface area contributed by atoms with Gasteiger partial charge in [-0.15, -0.1) is 12.4 Å². The van der Waals surface area contributed by atoms with E-state index >= 15 is 0 Å². The predicted molar refractivity (Wildman–Crippen MR) is 104 cm³/mol. The molecule has 0 amide bonds. The first-order chi connectivity index (χ1) is 12.0. The number of hydrogen-bond donors (Lipinski definition) is 2. The molecule has 0 unspecified atom stereocenters. The first-order valence-electron chi connectivity index (χ1n) is 7.78. The first-order valence-corrected chi connectivity index (χ1v) is 7.78. The molecule has 7 nitrogen and oxygen atoms in total. The Labute approximate surface area is 155 Å². The van der Waals surface area contributed by atoms with Crippen molar-refractivity contribution in [3.05, 3.63) is 64.1 Å². The lowest BCUT2D eigenvalue weighted by Gasteiger charge is -2.12. The van der Waals surface area contributed by atoms with Crippen LogP contribution < -0.4 is 5.32 Å². The number of aryl methyl sites for hydroxylation is 2. The van der Waals surface area contributed by atoms with Crippen LogP contribution in [0.1, 0.15) is 11.3 Å². The standard InChI is InChI=1S/C18H15N5O2.ClH/c1-10-3-4-12(8-16(10)23(24)25)22-15-7-11(2)21-13-5-6-14-18(17(13)15)20-9-19-14;/h3-9,21-22H,1-2H3;1H. The molecular formula is C18H16ClN5O2. The fourth-order valence-electron chi connectivity index (χ4n) is 3.02. The van der Waals surface area contributed by atoms with Gasteiger partial charge in [-0.25, -0.2) is 9.97 Å². The van der Waals surface area contributed by atoms with E-state index in [1.54, 1.807) is 19.1 Å². The molecular weight excluding hydrogens is 354 g/mol. The summed E-state index contributed by atoms with van der Waals surface area (Å²) >= 11 is 0. The Kier molecular flexibility index (Phi) is 4.48. The maximum atomic E-state index is 11.2. The minimum atomic E-state index is -0.372. The number of aromatic nitrogens is 3. The predicted octanol–water partition coefficient (Wildman–Crippen LogP) is 4.80. The van der Waals surface area contributed by atoms with Crippen molar-refractivity contribution in [2.75, 3.05) is 5.32 Å². The molecule has 4 rings (SSSR count). The molecule has 0 spiro atoms. The Hall–Kier alpha value is -3.19. The molecule has 0 saturated carbocycles. The Morgan fingerprint density at radius 3 is 2.69 bits per heavy atom. The van der Waals surface area contributed by atoms with Crippen molar-refractivity contribution in [2.24, 2.45) is 0 Å². The van der Waals surface area contributed by atoms with Crippen molar-refractivity contribution < 1.29 is 4.92 Å². The van der Waals surface area contributed by atoms with E-state index in [9.17, 15) is 10.1 Å². The summed E-state index contributed by atoms with van der Waals surface area (Å²) in [6, 6.07) is 11.0. The van der Waals surface area contributed by atoms with Crippen molar-refractivity contribution >= 4 is 51.4 Å². The molecule has 0 bridgehead atoms. The highest BCUT2D eigenvalue weighted by Crippen LogP contribution is 2.32. The smallest absolute Gasteiger partial charge is 0.274 e. The minimum absolute atomic E-state index is 0. The number of rotatable bonds is 3. The third-order valence-corrected chi connectivity index (χ3v) is 4.19. The lowest BCUT2D eigenvalue weighted by molar-refractivity contribution is -0.385. The second-order valence-corrected chi connectivity index (χ2v) is 5.98. The van der Waals surface area contributed by atoms with Gasteiger partial charge in [-0.05, 0) is 38.1 Å². The van der Waals surface area contributed by atoms with Gasteiger partial charge in [-0.1, -0.05) is 6.07 Å². The summed E-state index contributed by atoms with van der Waals surface area (Å²) in [7, 11) is 0. The molecule has 0 aliphatic heterocycles. The van der Waals surface area contributed by atoms with Gasteiger partial charge in [0.25, 0.3) is 5.69 Å². The third kappa shape index (κ3) is 2.93. The van der Waals surface area contributed by atoms with Gasteiger partial charge in [-0.3, -0.25) is 10.1 Å². The van der Waals surface area contributed by atoms with Crippen LogP contribution >= 0.6 is 12.4 Å². The first kappa shape index (κ1) is 17.6. The molecule has 0 saturated heterocycles. The van der Waals surface area contributed by atoms with E-state index in [0.29, 0.717) is 11.3 Å². The van der Waals surface area contributed by atoms with E-state index in [0.717, 1.165) is 33.3 Å². The number of hydrogen-bond acceptors (Lipinski definition) is 5. The maximum Gasteiger partial charge on any atom is 0.274 e. The number of nitro groups is 1. The molecule has 2 N–H and O–H groups in total. The number of aromatic amines is 1.